The second-order valence-corrected chi connectivity index (χ2v) is 8.19. The van der Waals surface area contributed by atoms with E-state index in [0.717, 1.165) is 25.0 Å². The van der Waals surface area contributed by atoms with Crippen LogP contribution in [-0.2, 0) is 4.79 Å². The third-order valence-electron chi connectivity index (χ3n) is 5.82. The van der Waals surface area contributed by atoms with Crippen molar-refractivity contribution in [3.63, 3.8) is 0 Å². The molecular formula is C26H29N3O5. The molecule has 8 nitrogen and oxygen atoms in total. The molecule has 0 spiro atoms. The summed E-state index contributed by atoms with van der Waals surface area (Å²) < 4.78 is 11.7. The summed E-state index contributed by atoms with van der Waals surface area (Å²) in [6, 6.07) is 15.9. The highest BCUT2D eigenvalue weighted by molar-refractivity contribution is 6.01. The molecule has 178 valence electrons. The molecular weight excluding hydrogens is 434 g/mol. The van der Waals surface area contributed by atoms with E-state index >= 15 is 0 Å². The molecule has 0 unspecified atom stereocenters. The summed E-state index contributed by atoms with van der Waals surface area (Å²) in [5, 5.41) is 9.65. The lowest BCUT2D eigenvalue weighted by Crippen LogP contribution is -2.33. The van der Waals surface area contributed by atoms with Crippen LogP contribution in [0.5, 0.6) is 5.75 Å². The Morgan fingerprint density at radius 3 is 2.59 bits per heavy atom. The summed E-state index contributed by atoms with van der Waals surface area (Å²) >= 11 is 0. The highest BCUT2D eigenvalue weighted by Crippen LogP contribution is 2.26. The smallest absolute Gasteiger partial charge is 0.274 e. The number of carbonyl (C=O) groups excluding carboxylic acids is 2. The predicted octanol–water partition coefficient (Wildman–Crippen LogP) is 4.01. The first-order valence-electron chi connectivity index (χ1n) is 11.5. The highest BCUT2D eigenvalue weighted by Gasteiger charge is 2.18. The molecule has 8 heteroatoms. The van der Waals surface area contributed by atoms with Crippen LogP contribution < -0.4 is 15.1 Å². The molecule has 0 saturated carbocycles. The van der Waals surface area contributed by atoms with Gasteiger partial charge < -0.3 is 9.15 Å². The monoisotopic (exact) mass is 463 g/mol. The Labute approximate surface area is 198 Å². The number of hydroxylamine groups is 1. The number of likely N-dealkylation sites (tertiary alicyclic amines) is 1. The number of carbonyl (C=O) groups is 2. The normalized spacial score (nSPS) is 14.4. The Balaban J connectivity index is 1.42. The number of benzene rings is 2. The summed E-state index contributed by atoms with van der Waals surface area (Å²) in [7, 11) is 0. The van der Waals surface area contributed by atoms with Crippen molar-refractivity contribution in [2.75, 3.05) is 37.7 Å². The van der Waals surface area contributed by atoms with E-state index in [4.69, 9.17) is 14.4 Å². The van der Waals surface area contributed by atoms with E-state index in [9.17, 15) is 9.59 Å². The first-order valence-corrected chi connectivity index (χ1v) is 11.5. The van der Waals surface area contributed by atoms with Crippen LogP contribution in [0.25, 0.3) is 11.0 Å². The van der Waals surface area contributed by atoms with Crippen LogP contribution in [0.2, 0.25) is 0 Å². The van der Waals surface area contributed by atoms with Gasteiger partial charge in [-0.15, -0.1) is 0 Å². The van der Waals surface area contributed by atoms with E-state index in [0.29, 0.717) is 22.8 Å². The van der Waals surface area contributed by atoms with Crippen molar-refractivity contribution in [3.8, 4) is 5.75 Å². The number of hydrogen-bond acceptors (Lipinski definition) is 6. The fourth-order valence-corrected chi connectivity index (χ4v) is 3.99. The first kappa shape index (κ1) is 23.5. The molecule has 2 aromatic carbocycles. The summed E-state index contributed by atoms with van der Waals surface area (Å²) in [5.74, 6) is 0.249. The summed E-state index contributed by atoms with van der Waals surface area (Å²) in [5.41, 5.74) is 2.62. The van der Waals surface area contributed by atoms with E-state index in [2.05, 4.69) is 4.90 Å². The Hall–Kier alpha value is -3.62. The van der Waals surface area contributed by atoms with Crippen LogP contribution in [-0.4, -0.2) is 54.7 Å². The van der Waals surface area contributed by atoms with Crippen molar-refractivity contribution in [3.05, 3.63) is 72.3 Å². The molecule has 0 aliphatic carbocycles. The molecule has 1 fully saturated rings. The number of nitrogens with one attached hydrogen (secondary N) is 1. The molecule has 2 heterocycles. The van der Waals surface area contributed by atoms with Crippen molar-refractivity contribution >= 4 is 28.7 Å². The molecule has 1 saturated heterocycles. The molecule has 0 atom stereocenters. The molecule has 3 aromatic rings. The topological polar surface area (TPSA) is 95.2 Å². The number of piperidine rings is 1. The van der Waals surface area contributed by atoms with E-state index < -0.39 is 5.91 Å². The maximum Gasteiger partial charge on any atom is 0.274 e. The Kier molecular flexibility index (Phi) is 7.95. The summed E-state index contributed by atoms with van der Waals surface area (Å²) in [6.07, 6.45) is 7.20. The van der Waals surface area contributed by atoms with Gasteiger partial charge in [0, 0.05) is 29.6 Å². The fraction of sp³-hybridized carbons (Fsp3) is 0.308. The van der Waals surface area contributed by atoms with Crippen LogP contribution in [0.4, 0.5) is 5.88 Å². The van der Waals surface area contributed by atoms with Gasteiger partial charge in [-0.05, 0) is 56.3 Å². The molecule has 2 N–H and O–H groups in total. The number of amides is 2. The highest BCUT2D eigenvalue weighted by atomic mass is 16.5. The number of anilines is 1. The fourth-order valence-electron chi connectivity index (χ4n) is 3.99. The molecule has 1 aromatic heterocycles. The van der Waals surface area contributed by atoms with E-state index in [-0.39, 0.29) is 19.1 Å². The maximum absolute atomic E-state index is 13.1. The number of fused-ring (bicyclic) bond motifs is 1. The van der Waals surface area contributed by atoms with Crippen LogP contribution in [0, 0.1) is 0 Å². The zero-order valence-electron chi connectivity index (χ0n) is 19.0. The third-order valence-corrected chi connectivity index (χ3v) is 5.82. The van der Waals surface area contributed by atoms with Gasteiger partial charge >= 0.3 is 0 Å². The second kappa shape index (κ2) is 11.5. The van der Waals surface area contributed by atoms with Gasteiger partial charge in [0.15, 0.2) is 0 Å². The minimum absolute atomic E-state index is 0.172. The van der Waals surface area contributed by atoms with Gasteiger partial charge in [0.2, 0.25) is 5.88 Å². The first-order chi connectivity index (χ1) is 16.6. The maximum atomic E-state index is 13.1. The SMILES string of the molecule is O=C(NO)c1ccc(OCCN(C(=O)C=CCN2CCCCC2)c2cc3ccccc3o2)cc1. The average Bonchev–Trinajstić information content (AvgIpc) is 3.31. The van der Waals surface area contributed by atoms with Crippen molar-refractivity contribution in [1.29, 1.82) is 0 Å². The number of para-hydroxylation sites is 1. The van der Waals surface area contributed by atoms with Crippen molar-refractivity contribution in [1.82, 2.24) is 10.4 Å². The molecule has 0 radical (unpaired) electrons. The molecule has 2 amide bonds. The van der Waals surface area contributed by atoms with E-state index in [1.165, 1.54) is 19.3 Å². The van der Waals surface area contributed by atoms with Gasteiger partial charge in [0.25, 0.3) is 11.8 Å². The van der Waals surface area contributed by atoms with Gasteiger partial charge in [0.05, 0.1) is 6.54 Å². The number of rotatable bonds is 9. The molecule has 1 aliphatic rings. The zero-order chi connectivity index (χ0) is 23.8. The Morgan fingerprint density at radius 2 is 1.85 bits per heavy atom. The molecule has 1 aliphatic heterocycles. The minimum atomic E-state index is -0.593. The van der Waals surface area contributed by atoms with Gasteiger partial charge in [-0.1, -0.05) is 30.7 Å². The number of ether oxygens (including phenoxy) is 1. The van der Waals surface area contributed by atoms with Gasteiger partial charge in [-0.2, -0.15) is 0 Å². The quantitative estimate of drug-likeness (QED) is 0.283. The van der Waals surface area contributed by atoms with Crippen molar-refractivity contribution < 1.29 is 24.0 Å². The molecule has 0 bridgehead atoms. The van der Waals surface area contributed by atoms with E-state index in [1.807, 2.05) is 36.4 Å². The van der Waals surface area contributed by atoms with Crippen molar-refractivity contribution in [2.45, 2.75) is 19.3 Å². The van der Waals surface area contributed by atoms with E-state index in [1.54, 1.807) is 40.7 Å². The van der Waals surface area contributed by atoms with Crippen LogP contribution in [0.15, 0.2) is 71.2 Å². The Morgan fingerprint density at radius 1 is 1.09 bits per heavy atom. The number of furan rings is 1. The number of nitrogens with zero attached hydrogens (tertiary/aromatic N) is 2. The second-order valence-electron chi connectivity index (χ2n) is 8.19. The summed E-state index contributed by atoms with van der Waals surface area (Å²) in [4.78, 5) is 28.5. The zero-order valence-corrected chi connectivity index (χ0v) is 19.0. The number of hydrogen-bond donors (Lipinski definition) is 2. The van der Waals surface area contributed by atoms with Gasteiger partial charge in [-0.25, -0.2) is 5.48 Å². The van der Waals surface area contributed by atoms with Gasteiger partial charge in [0.1, 0.15) is 17.9 Å². The lowest BCUT2D eigenvalue weighted by Gasteiger charge is -2.25. The standard InChI is InChI=1S/C26H29N3O5/c30-24(9-6-16-28-14-4-1-5-15-28)29(25-19-21-7-2-3-8-23(21)34-25)17-18-33-22-12-10-20(11-13-22)26(31)27-32/h2-3,6-13,19,32H,1,4-5,14-18H2,(H,27,31). The van der Waals surface area contributed by atoms with Crippen LogP contribution >= 0.6 is 0 Å². The molecule has 34 heavy (non-hydrogen) atoms. The van der Waals surface area contributed by atoms with Crippen molar-refractivity contribution in [2.24, 2.45) is 0 Å². The largest absolute Gasteiger partial charge is 0.492 e. The summed E-state index contributed by atoms with van der Waals surface area (Å²) in [6.45, 7) is 3.40. The van der Waals surface area contributed by atoms with Crippen LogP contribution in [0.1, 0.15) is 29.6 Å². The average molecular weight is 464 g/mol. The molecule has 4 rings (SSSR count). The third kappa shape index (κ3) is 6.03. The van der Waals surface area contributed by atoms with Gasteiger partial charge in [-0.3, -0.25) is 24.6 Å². The minimum Gasteiger partial charge on any atom is -0.492 e. The van der Waals surface area contributed by atoms with Crippen LogP contribution in [0.3, 0.4) is 0 Å². The lowest BCUT2D eigenvalue weighted by molar-refractivity contribution is -0.114. The lowest BCUT2D eigenvalue weighted by atomic mass is 10.1. The predicted molar refractivity (Wildman–Crippen MR) is 129 cm³/mol. The Bertz CT molecular complexity index is 1100.